The zero-order chi connectivity index (χ0) is 19.3. The predicted octanol–water partition coefficient (Wildman–Crippen LogP) is 5.17. The molecule has 2 atom stereocenters. The Kier molecular flexibility index (Phi) is 8.16. The third-order valence-electron chi connectivity index (χ3n) is 5.37. The van der Waals surface area contributed by atoms with Crippen molar-refractivity contribution in [1.29, 1.82) is 0 Å². The van der Waals surface area contributed by atoms with E-state index in [2.05, 4.69) is 33.9 Å². The minimum Gasteiger partial charge on any atom is -0.458 e. The number of hydrogen-bond acceptors (Lipinski definition) is 4. The number of esters is 1. The molecule has 0 saturated heterocycles. The lowest BCUT2D eigenvalue weighted by Crippen LogP contribution is -2.42. The minimum atomic E-state index is -1.67. The summed E-state index contributed by atoms with van der Waals surface area (Å²) >= 11 is 0. The van der Waals surface area contributed by atoms with E-state index in [0.717, 1.165) is 13.0 Å². The van der Waals surface area contributed by atoms with Crippen molar-refractivity contribution >= 4 is 14.3 Å². The van der Waals surface area contributed by atoms with Gasteiger partial charge in [-0.15, -0.1) is 0 Å². The van der Waals surface area contributed by atoms with E-state index in [-0.39, 0.29) is 17.6 Å². The van der Waals surface area contributed by atoms with Gasteiger partial charge in [0.05, 0.1) is 6.61 Å². The zero-order valence-corrected chi connectivity index (χ0v) is 18.7. The van der Waals surface area contributed by atoms with Gasteiger partial charge in [-0.2, -0.15) is 0 Å². The van der Waals surface area contributed by atoms with Crippen LogP contribution in [0.1, 0.15) is 67.2 Å². The molecule has 5 heteroatoms. The summed E-state index contributed by atoms with van der Waals surface area (Å²) in [4.78, 5) is 11.7. The molecule has 1 fully saturated rings. The number of carbonyl (C=O) groups excluding carboxylic acids is 1. The third-order valence-corrected chi connectivity index (χ3v) is 9.87. The van der Waals surface area contributed by atoms with E-state index >= 15 is 0 Å². The largest absolute Gasteiger partial charge is 0.458 e. The highest BCUT2D eigenvalue weighted by atomic mass is 28.4. The first-order valence-electron chi connectivity index (χ1n) is 9.74. The number of hydrogen-bond donors (Lipinski definition) is 0. The van der Waals surface area contributed by atoms with Gasteiger partial charge in [0.15, 0.2) is 8.32 Å². The summed E-state index contributed by atoms with van der Waals surface area (Å²) in [5, 5.41) is 0.262. The van der Waals surface area contributed by atoms with Gasteiger partial charge in [-0.1, -0.05) is 27.2 Å². The molecule has 1 rings (SSSR count). The molecular weight excluding hydrogens is 332 g/mol. The van der Waals surface area contributed by atoms with E-state index in [0.29, 0.717) is 18.4 Å². The average Bonchev–Trinajstić information content (AvgIpc) is 2.42. The van der Waals surface area contributed by atoms with E-state index < -0.39 is 13.9 Å². The van der Waals surface area contributed by atoms with E-state index in [1.54, 1.807) is 0 Å². The van der Waals surface area contributed by atoms with Crippen LogP contribution >= 0.6 is 0 Å². The molecule has 0 aromatic rings. The number of rotatable bonds is 7. The van der Waals surface area contributed by atoms with E-state index in [1.165, 1.54) is 19.3 Å². The average molecular weight is 373 g/mol. The quantitative estimate of drug-likeness (QED) is 0.456. The maximum absolute atomic E-state index is 11.7. The van der Waals surface area contributed by atoms with Gasteiger partial charge in [-0.05, 0) is 70.0 Å². The van der Waals surface area contributed by atoms with Crippen molar-refractivity contribution in [3.8, 4) is 0 Å². The van der Waals surface area contributed by atoms with Crippen molar-refractivity contribution in [3.05, 3.63) is 0 Å². The second-order valence-corrected chi connectivity index (χ2v) is 14.9. The molecule has 1 aliphatic carbocycles. The second-order valence-electron chi connectivity index (χ2n) is 10.1. The van der Waals surface area contributed by atoms with Gasteiger partial charge in [0.25, 0.3) is 0 Å². The molecule has 1 aliphatic rings. The number of carbonyl (C=O) groups is 1. The van der Waals surface area contributed by atoms with Crippen molar-refractivity contribution in [1.82, 2.24) is 0 Å². The van der Waals surface area contributed by atoms with Crippen LogP contribution in [0.15, 0.2) is 0 Å². The van der Waals surface area contributed by atoms with Crippen LogP contribution in [-0.2, 0) is 18.7 Å². The smallest absolute Gasteiger partial charge is 0.332 e. The summed E-state index contributed by atoms with van der Waals surface area (Å²) in [6.45, 7) is 18.7. The van der Waals surface area contributed by atoms with Crippen LogP contribution < -0.4 is 0 Å². The molecule has 0 amide bonds. The Hall–Kier alpha value is -0.393. The molecule has 4 nitrogen and oxygen atoms in total. The predicted molar refractivity (Wildman–Crippen MR) is 105 cm³/mol. The standard InChI is InChI=1S/C20H40O4Si/c1-19(2,3)24-18(21)15-22-13-16-10-9-11-17(12-16)14-23-25(7,8)20(4,5)6/h16-17H,9-15H2,1-8H3/t16-,17+/m1/s1. The molecule has 0 aromatic carbocycles. The van der Waals surface area contributed by atoms with Crippen molar-refractivity contribution < 1.29 is 18.7 Å². The van der Waals surface area contributed by atoms with Gasteiger partial charge >= 0.3 is 5.97 Å². The Morgan fingerprint density at radius 3 is 2.08 bits per heavy atom. The van der Waals surface area contributed by atoms with Gasteiger partial charge in [0, 0.05) is 6.61 Å². The molecule has 0 spiro atoms. The van der Waals surface area contributed by atoms with Crippen molar-refractivity contribution in [3.63, 3.8) is 0 Å². The van der Waals surface area contributed by atoms with Gasteiger partial charge in [0.2, 0.25) is 0 Å². The van der Waals surface area contributed by atoms with Gasteiger partial charge in [-0.3, -0.25) is 0 Å². The minimum absolute atomic E-state index is 0.0545. The highest BCUT2D eigenvalue weighted by Crippen LogP contribution is 2.38. The molecule has 0 radical (unpaired) electrons. The molecule has 1 saturated carbocycles. The lowest BCUT2D eigenvalue weighted by atomic mass is 9.82. The molecule has 148 valence electrons. The van der Waals surface area contributed by atoms with Crippen molar-refractivity contribution in [2.75, 3.05) is 19.8 Å². The lowest BCUT2D eigenvalue weighted by Gasteiger charge is -2.38. The molecule has 0 N–H and O–H groups in total. The summed E-state index contributed by atoms with van der Waals surface area (Å²) in [5.41, 5.74) is -0.447. The fourth-order valence-corrected chi connectivity index (χ4v) is 4.01. The first-order chi connectivity index (χ1) is 11.3. The van der Waals surface area contributed by atoms with Crippen LogP contribution in [0.3, 0.4) is 0 Å². The van der Waals surface area contributed by atoms with Gasteiger partial charge in [-0.25, -0.2) is 4.79 Å². The Morgan fingerprint density at radius 2 is 1.56 bits per heavy atom. The van der Waals surface area contributed by atoms with E-state index in [9.17, 15) is 4.79 Å². The van der Waals surface area contributed by atoms with Crippen LogP contribution in [0, 0.1) is 11.8 Å². The van der Waals surface area contributed by atoms with E-state index in [4.69, 9.17) is 13.9 Å². The molecule has 0 aliphatic heterocycles. The fourth-order valence-electron chi connectivity index (χ4n) is 2.93. The van der Waals surface area contributed by atoms with Crippen LogP contribution in [0.4, 0.5) is 0 Å². The summed E-state index contributed by atoms with van der Waals surface area (Å²) in [6, 6.07) is 0. The van der Waals surface area contributed by atoms with Crippen LogP contribution in [0.25, 0.3) is 0 Å². The SMILES string of the molecule is CC(C)(C)OC(=O)COC[C@@H]1CCC[C@H](CO[Si](C)(C)C(C)(C)C)C1. The summed E-state index contributed by atoms with van der Waals surface area (Å²) in [5.74, 6) is 0.878. The first kappa shape index (κ1) is 22.6. The van der Waals surface area contributed by atoms with Gasteiger partial charge < -0.3 is 13.9 Å². The molecule has 0 bridgehead atoms. The van der Waals surface area contributed by atoms with Crippen LogP contribution in [-0.4, -0.2) is 39.7 Å². The Balaban J connectivity index is 2.32. The highest BCUT2D eigenvalue weighted by molar-refractivity contribution is 6.74. The monoisotopic (exact) mass is 372 g/mol. The summed E-state index contributed by atoms with van der Waals surface area (Å²) < 4.78 is 17.3. The zero-order valence-electron chi connectivity index (χ0n) is 17.7. The fraction of sp³-hybridized carbons (Fsp3) is 0.950. The summed E-state index contributed by atoms with van der Waals surface area (Å²) in [6.07, 6.45) is 4.80. The highest BCUT2D eigenvalue weighted by Gasteiger charge is 2.38. The Morgan fingerprint density at radius 1 is 1.00 bits per heavy atom. The molecule has 0 heterocycles. The van der Waals surface area contributed by atoms with Crippen LogP contribution in [0.2, 0.25) is 18.1 Å². The first-order valence-corrected chi connectivity index (χ1v) is 12.6. The maximum Gasteiger partial charge on any atom is 0.332 e. The third kappa shape index (κ3) is 8.69. The Labute approximate surface area is 156 Å². The van der Waals surface area contributed by atoms with E-state index in [1.807, 2.05) is 20.8 Å². The van der Waals surface area contributed by atoms with Crippen molar-refractivity contribution in [2.24, 2.45) is 11.8 Å². The summed E-state index contributed by atoms with van der Waals surface area (Å²) in [7, 11) is -1.67. The normalized spacial score (nSPS) is 22.7. The maximum atomic E-state index is 11.7. The molecule has 25 heavy (non-hydrogen) atoms. The second kappa shape index (κ2) is 9.00. The number of ether oxygens (including phenoxy) is 2. The molecule has 0 unspecified atom stereocenters. The molecular formula is C20H40O4Si. The van der Waals surface area contributed by atoms with Crippen LogP contribution in [0.5, 0.6) is 0 Å². The lowest BCUT2D eigenvalue weighted by molar-refractivity contribution is -0.160. The van der Waals surface area contributed by atoms with Gasteiger partial charge in [0.1, 0.15) is 12.2 Å². The topological polar surface area (TPSA) is 44.8 Å². The Bertz CT molecular complexity index is 420. The van der Waals surface area contributed by atoms with Crippen molar-refractivity contribution in [2.45, 2.75) is 91.0 Å². The molecule has 0 aromatic heterocycles.